The van der Waals surface area contributed by atoms with Gasteiger partial charge in [0.25, 0.3) is 5.78 Å². The van der Waals surface area contributed by atoms with Gasteiger partial charge in [0.05, 0.1) is 36.7 Å². The maximum absolute atomic E-state index is 13.6. The van der Waals surface area contributed by atoms with E-state index in [-0.39, 0.29) is 39.4 Å². The highest BCUT2D eigenvalue weighted by atomic mass is 32.1. The van der Waals surface area contributed by atoms with E-state index in [2.05, 4.69) is 9.97 Å². The maximum atomic E-state index is 13.6. The number of amides is 1. The number of fused-ring (bicyclic) bond motifs is 1. The topological polar surface area (TPSA) is 144 Å². The molecule has 4 heterocycles. The van der Waals surface area contributed by atoms with E-state index in [1.165, 1.54) is 25.3 Å². The van der Waals surface area contributed by atoms with Crippen LogP contribution in [0.2, 0.25) is 0 Å². The van der Waals surface area contributed by atoms with Gasteiger partial charge in [0.2, 0.25) is 0 Å². The predicted octanol–water partition coefficient (Wildman–Crippen LogP) is 4.23. The summed E-state index contributed by atoms with van der Waals surface area (Å²) in [5.41, 5.74) is 2.64. The zero-order valence-corrected chi connectivity index (χ0v) is 23.2. The lowest BCUT2D eigenvalue weighted by molar-refractivity contribution is -0.132. The number of methoxy groups -OCH3 is 1. The number of hydrogen-bond donors (Lipinski definition) is 2. The summed E-state index contributed by atoms with van der Waals surface area (Å²) in [5, 5.41) is 22.0. The van der Waals surface area contributed by atoms with Gasteiger partial charge in [0.15, 0.2) is 22.4 Å². The summed E-state index contributed by atoms with van der Waals surface area (Å²) >= 11 is 0.892. The van der Waals surface area contributed by atoms with Crippen LogP contribution in [0, 0.1) is 20.8 Å². The quantitative estimate of drug-likeness (QED) is 0.153. The molecule has 0 spiro atoms. The summed E-state index contributed by atoms with van der Waals surface area (Å²) in [7, 11) is 1.23. The van der Waals surface area contributed by atoms with Gasteiger partial charge < -0.3 is 24.1 Å². The number of aromatic nitrogens is 3. The molecule has 5 rings (SSSR count). The van der Waals surface area contributed by atoms with E-state index in [1.54, 1.807) is 31.4 Å². The molecule has 3 aromatic heterocycles. The molecule has 12 heteroatoms. The summed E-state index contributed by atoms with van der Waals surface area (Å²) in [5.74, 6) is -2.98. The molecule has 1 aliphatic heterocycles. The van der Waals surface area contributed by atoms with Crippen molar-refractivity contribution in [2.24, 2.45) is 0 Å². The van der Waals surface area contributed by atoms with Gasteiger partial charge in [-0.15, -0.1) is 0 Å². The van der Waals surface area contributed by atoms with Crippen LogP contribution >= 0.6 is 11.3 Å². The number of ketones is 1. The van der Waals surface area contributed by atoms with Crippen molar-refractivity contribution < 1.29 is 34.1 Å². The van der Waals surface area contributed by atoms with Crippen LogP contribution in [0.15, 0.2) is 42.1 Å². The fraction of sp³-hybridized carbons (Fsp3) is 0.250. The largest absolute Gasteiger partial charge is 0.505 e. The van der Waals surface area contributed by atoms with E-state index in [0.717, 1.165) is 21.8 Å². The number of imidazole rings is 1. The van der Waals surface area contributed by atoms with Crippen molar-refractivity contribution in [2.45, 2.75) is 33.7 Å². The number of aryl methyl sites for hydroxylation is 3. The van der Waals surface area contributed by atoms with E-state index >= 15 is 0 Å². The van der Waals surface area contributed by atoms with Crippen molar-refractivity contribution in [3.05, 3.63) is 75.2 Å². The number of pyridine rings is 1. The Labute approximate surface area is 232 Å². The first-order valence-electron chi connectivity index (χ1n) is 12.4. The molecule has 1 aromatic carbocycles. The Morgan fingerprint density at radius 2 is 1.90 bits per heavy atom. The molecule has 11 nitrogen and oxygen atoms in total. The van der Waals surface area contributed by atoms with Gasteiger partial charge in [-0.05, 0) is 57.0 Å². The molecule has 0 bridgehead atoms. The number of rotatable bonds is 6. The molecule has 206 valence electrons. The smallest absolute Gasteiger partial charge is 0.350 e. The van der Waals surface area contributed by atoms with Crippen LogP contribution < -0.4 is 9.64 Å². The Kier molecular flexibility index (Phi) is 6.80. The predicted molar refractivity (Wildman–Crippen MR) is 147 cm³/mol. The van der Waals surface area contributed by atoms with Crippen molar-refractivity contribution in [3.63, 3.8) is 0 Å². The minimum Gasteiger partial charge on any atom is -0.505 e. The molecule has 0 aliphatic carbocycles. The number of hydrogen-bond acceptors (Lipinski definition) is 10. The summed E-state index contributed by atoms with van der Waals surface area (Å²) in [6.07, 6.45) is 1.79. The van der Waals surface area contributed by atoms with E-state index in [1.807, 2.05) is 19.1 Å². The third-order valence-electron chi connectivity index (χ3n) is 6.71. The second-order valence-electron chi connectivity index (χ2n) is 9.16. The number of aliphatic hydroxyl groups is 1. The number of aromatic hydroxyl groups is 1. The molecule has 1 unspecified atom stereocenters. The monoisotopic (exact) mass is 562 g/mol. The van der Waals surface area contributed by atoms with Crippen molar-refractivity contribution in [2.75, 3.05) is 18.6 Å². The minimum absolute atomic E-state index is 0.0673. The lowest BCUT2D eigenvalue weighted by Gasteiger charge is -2.23. The first-order valence-corrected chi connectivity index (χ1v) is 13.2. The normalized spacial score (nSPS) is 16.6. The minimum atomic E-state index is -1.17. The summed E-state index contributed by atoms with van der Waals surface area (Å²) in [6, 6.07) is 6.96. The van der Waals surface area contributed by atoms with E-state index in [9.17, 15) is 24.6 Å². The molecular formula is C28H26N4O7S. The lowest BCUT2D eigenvalue weighted by Crippen LogP contribution is -2.29. The number of phenols is 1. The maximum Gasteiger partial charge on any atom is 0.350 e. The molecule has 1 fully saturated rings. The zero-order chi connectivity index (χ0) is 28.9. The Bertz CT molecular complexity index is 1740. The van der Waals surface area contributed by atoms with Crippen LogP contribution in [0.1, 0.15) is 50.8 Å². The number of nitrogens with zero attached hydrogens (tertiary/aromatic N) is 4. The number of phenolic OH excluding ortho intramolecular Hbond substituents is 1. The molecule has 40 heavy (non-hydrogen) atoms. The van der Waals surface area contributed by atoms with Crippen molar-refractivity contribution in [1.82, 2.24) is 14.4 Å². The van der Waals surface area contributed by atoms with Crippen molar-refractivity contribution in [1.29, 1.82) is 0 Å². The molecule has 0 saturated carbocycles. The molecule has 1 aliphatic rings. The zero-order valence-electron chi connectivity index (χ0n) is 22.4. The molecule has 1 atom stereocenters. The third kappa shape index (κ3) is 4.16. The van der Waals surface area contributed by atoms with Crippen LogP contribution in [-0.2, 0) is 14.3 Å². The fourth-order valence-electron chi connectivity index (χ4n) is 4.76. The molecular weight excluding hydrogens is 536 g/mol. The van der Waals surface area contributed by atoms with Gasteiger partial charge in [0, 0.05) is 6.20 Å². The number of aliphatic hydroxyl groups excluding tert-OH is 1. The van der Waals surface area contributed by atoms with Crippen LogP contribution in [0.5, 0.6) is 11.5 Å². The van der Waals surface area contributed by atoms with Crippen LogP contribution in [-0.4, -0.2) is 56.0 Å². The molecule has 1 saturated heterocycles. The fourth-order valence-corrected chi connectivity index (χ4v) is 5.77. The second kappa shape index (κ2) is 10.1. The highest BCUT2D eigenvalue weighted by Gasteiger charge is 2.49. The number of ether oxygens (including phenoxy) is 2. The number of esters is 1. The summed E-state index contributed by atoms with van der Waals surface area (Å²) in [6.45, 7) is 7.22. The molecule has 1 amide bonds. The average Bonchev–Trinajstić information content (AvgIpc) is 3.57. The number of anilines is 1. The van der Waals surface area contributed by atoms with Crippen LogP contribution in [0.3, 0.4) is 0 Å². The highest BCUT2D eigenvalue weighted by molar-refractivity contribution is 7.17. The van der Waals surface area contributed by atoms with Gasteiger partial charge in [0.1, 0.15) is 16.2 Å². The van der Waals surface area contributed by atoms with Crippen molar-refractivity contribution in [3.8, 4) is 11.5 Å². The Morgan fingerprint density at radius 3 is 2.58 bits per heavy atom. The van der Waals surface area contributed by atoms with Gasteiger partial charge in [-0.25, -0.2) is 14.8 Å². The molecule has 0 radical (unpaired) electrons. The van der Waals surface area contributed by atoms with Gasteiger partial charge >= 0.3 is 11.9 Å². The summed E-state index contributed by atoms with van der Waals surface area (Å²) in [4.78, 5) is 49.7. The first-order chi connectivity index (χ1) is 19.1. The summed E-state index contributed by atoms with van der Waals surface area (Å²) < 4.78 is 12.2. The number of benzene rings is 1. The van der Waals surface area contributed by atoms with Gasteiger partial charge in [-0.3, -0.25) is 14.5 Å². The van der Waals surface area contributed by atoms with Crippen LogP contribution in [0.4, 0.5) is 5.13 Å². The molecule has 4 aromatic rings. The number of carbonyl (C=O) groups is 3. The Morgan fingerprint density at radius 1 is 1.15 bits per heavy atom. The Balaban J connectivity index is 1.77. The second-order valence-corrected chi connectivity index (χ2v) is 10.1. The van der Waals surface area contributed by atoms with Gasteiger partial charge in [-0.2, -0.15) is 0 Å². The van der Waals surface area contributed by atoms with Crippen molar-refractivity contribution >= 4 is 45.5 Å². The molecule has 2 N–H and O–H groups in total. The lowest BCUT2D eigenvalue weighted by atomic mass is 9.96. The average molecular weight is 563 g/mol. The van der Waals surface area contributed by atoms with Gasteiger partial charge in [-0.1, -0.05) is 23.5 Å². The Hall–Kier alpha value is -4.71. The first kappa shape index (κ1) is 26.9. The standard InChI is InChI=1S/C28H26N4O7S/c1-6-39-18-12-16(9-10-17(18)33)21-19(22(34)20-15(4)31-11-7-8-13(2)25(31)30-20)23(35)26(36)32(21)28-29-14(3)24(40-28)27(37)38-5/h7-12,21,33-34H,6H2,1-5H3. The SMILES string of the molecule is CCOc1cc(C2C(=C(O)c3nc4c(C)cccn4c3C)C(=O)C(=O)N2c2nc(C)c(C(=O)OC)s2)ccc1O. The van der Waals surface area contributed by atoms with Crippen LogP contribution in [0.25, 0.3) is 11.4 Å². The highest BCUT2D eigenvalue weighted by Crippen LogP contribution is 2.45. The number of Topliss-reactive ketones (excluding diaryl/α,β-unsaturated/α-hetero) is 1. The number of thiazole rings is 1. The third-order valence-corrected chi connectivity index (χ3v) is 7.85. The number of carbonyl (C=O) groups excluding carboxylic acids is 3. The van der Waals surface area contributed by atoms with E-state index in [4.69, 9.17) is 9.47 Å². The van der Waals surface area contributed by atoms with E-state index < -0.39 is 29.5 Å². The van der Waals surface area contributed by atoms with E-state index in [0.29, 0.717) is 22.6 Å².